The second-order valence-corrected chi connectivity index (χ2v) is 7.25. The summed E-state index contributed by atoms with van der Waals surface area (Å²) in [6, 6.07) is 12.0. The lowest BCUT2D eigenvalue weighted by atomic mass is 10.1. The monoisotopic (exact) mass is 376 g/mol. The number of imide groups is 1. The molecule has 1 N–H and O–H groups in total. The highest BCUT2D eigenvalue weighted by molar-refractivity contribution is 6.22. The summed E-state index contributed by atoms with van der Waals surface area (Å²) >= 11 is 0. The highest BCUT2D eigenvalue weighted by atomic mass is 16.2. The zero-order valence-corrected chi connectivity index (χ0v) is 15.7. The van der Waals surface area contributed by atoms with Crippen molar-refractivity contribution in [1.82, 2.24) is 14.6 Å². The smallest absolute Gasteiger partial charge is 0.270 e. The summed E-state index contributed by atoms with van der Waals surface area (Å²) in [5.74, 6) is -0.640. The molecule has 7 nitrogen and oxygen atoms in total. The summed E-state index contributed by atoms with van der Waals surface area (Å²) < 4.78 is 1.53. The number of rotatable bonds is 5. The van der Waals surface area contributed by atoms with E-state index >= 15 is 0 Å². The van der Waals surface area contributed by atoms with Crippen LogP contribution in [-0.2, 0) is 0 Å². The van der Waals surface area contributed by atoms with Gasteiger partial charge < -0.3 is 0 Å². The summed E-state index contributed by atoms with van der Waals surface area (Å²) in [7, 11) is 0. The molecule has 3 amide bonds. The van der Waals surface area contributed by atoms with Crippen LogP contribution < -0.4 is 5.43 Å². The predicted octanol–water partition coefficient (Wildman–Crippen LogP) is 3.06. The highest BCUT2D eigenvalue weighted by Gasteiger charge is 2.35. The standard InChI is InChI=1S/C21H20N4O3/c1-13(2)9-10-24-20(27)15-8-7-14(11-16(15)21(24)28)19(26)23-25-12-22-17-5-3-4-6-18(17)25/h3-8,11-13H,9-10H2,1-2H3,(H,23,26). The van der Waals surface area contributed by atoms with E-state index in [2.05, 4.69) is 10.4 Å². The Bertz CT molecular complexity index is 1100. The van der Waals surface area contributed by atoms with Crippen LogP contribution in [-0.4, -0.2) is 38.8 Å². The SMILES string of the molecule is CC(C)CCN1C(=O)c2ccc(C(=O)Nn3cnc4ccccc43)cc2C1=O. The fourth-order valence-corrected chi connectivity index (χ4v) is 3.24. The Morgan fingerprint density at radius 2 is 1.82 bits per heavy atom. The molecule has 0 saturated heterocycles. The van der Waals surface area contributed by atoms with Gasteiger partial charge in [-0.05, 0) is 42.7 Å². The van der Waals surface area contributed by atoms with Crippen molar-refractivity contribution in [2.45, 2.75) is 20.3 Å². The number of nitrogens with zero attached hydrogens (tertiary/aromatic N) is 3. The minimum atomic E-state index is -0.383. The van der Waals surface area contributed by atoms with E-state index in [9.17, 15) is 14.4 Å². The number of aromatic nitrogens is 2. The molecule has 0 fully saturated rings. The maximum absolute atomic E-state index is 12.7. The van der Waals surface area contributed by atoms with Gasteiger partial charge in [0.2, 0.25) is 0 Å². The Morgan fingerprint density at radius 3 is 2.61 bits per heavy atom. The summed E-state index contributed by atoms with van der Waals surface area (Å²) in [6.45, 7) is 4.47. The van der Waals surface area contributed by atoms with E-state index in [4.69, 9.17) is 0 Å². The van der Waals surface area contributed by atoms with Crippen molar-refractivity contribution in [3.05, 3.63) is 65.5 Å². The van der Waals surface area contributed by atoms with Gasteiger partial charge in [0.1, 0.15) is 6.33 Å². The molecule has 0 unspecified atom stereocenters. The van der Waals surface area contributed by atoms with Crippen molar-refractivity contribution in [2.24, 2.45) is 5.92 Å². The number of hydrogen-bond acceptors (Lipinski definition) is 4. The number of fused-ring (bicyclic) bond motifs is 2. The molecule has 1 aliphatic rings. The van der Waals surface area contributed by atoms with Crippen LogP contribution in [0.5, 0.6) is 0 Å². The summed E-state index contributed by atoms with van der Waals surface area (Å²) in [5, 5.41) is 0. The van der Waals surface area contributed by atoms with Gasteiger partial charge in [0.25, 0.3) is 17.7 Å². The Kier molecular flexibility index (Phi) is 4.43. The number of nitrogens with one attached hydrogen (secondary N) is 1. The van der Waals surface area contributed by atoms with Crippen LogP contribution in [0.3, 0.4) is 0 Å². The van der Waals surface area contributed by atoms with E-state index in [0.29, 0.717) is 23.6 Å². The Hall–Kier alpha value is -3.48. The number of benzene rings is 2. The number of hydrogen-bond donors (Lipinski definition) is 1. The zero-order chi connectivity index (χ0) is 19.8. The fraction of sp³-hybridized carbons (Fsp3) is 0.238. The predicted molar refractivity (Wildman–Crippen MR) is 105 cm³/mol. The lowest BCUT2D eigenvalue weighted by Gasteiger charge is -2.14. The van der Waals surface area contributed by atoms with Crippen molar-refractivity contribution in [3.8, 4) is 0 Å². The summed E-state index contributed by atoms with van der Waals surface area (Å²) in [6.07, 6.45) is 2.27. The topological polar surface area (TPSA) is 84.3 Å². The normalized spacial score (nSPS) is 13.5. The number of carbonyl (C=O) groups is 3. The van der Waals surface area contributed by atoms with Gasteiger partial charge in [-0.25, -0.2) is 9.66 Å². The molecule has 28 heavy (non-hydrogen) atoms. The Labute approximate surface area is 161 Å². The maximum atomic E-state index is 12.7. The van der Waals surface area contributed by atoms with E-state index in [1.54, 1.807) is 12.1 Å². The van der Waals surface area contributed by atoms with Crippen LogP contribution in [0.4, 0.5) is 0 Å². The van der Waals surface area contributed by atoms with Gasteiger partial charge in [-0.15, -0.1) is 0 Å². The van der Waals surface area contributed by atoms with Crippen LogP contribution in [0.15, 0.2) is 48.8 Å². The third kappa shape index (κ3) is 3.05. The molecule has 3 aromatic rings. The average Bonchev–Trinajstić information content (AvgIpc) is 3.19. The highest BCUT2D eigenvalue weighted by Crippen LogP contribution is 2.25. The molecule has 1 aromatic heterocycles. The molecule has 2 heterocycles. The minimum Gasteiger partial charge on any atom is -0.274 e. The third-order valence-corrected chi connectivity index (χ3v) is 4.84. The lowest BCUT2D eigenvalue weighted by Crippen LogP contribution is -2.31. The molecule has 0 radical (unpaired) electrons. The van der Waals surface area contributed by atoms with Crippen LogP contribution in [0, 0.1) is 5.92 Å². The van der Waals surface area contributed by atoms with Crippen LogP contribution in [0.1, 0.15) is 51.3 Å². The molecular weight excluding hydrogens is 356 g/mol. The van der Waals surface area contributed by atoms with Crippen molar-refractivity contribution in [3.63, 3.8) is 0 Å². The van der Waals surface area contributed by atoms with Crippen molar-refractivity contribution in [2.75, 3.05) is 12.0 Å². The van der Waals surface area contributed by atoms with Gasteiger partial charge in [0.15, 0.2) is 0 Å². The van der Waals surface area contributed by atoms with Gasteiger partial charge in [-0.2, -0.15) is 0 Å². The van der Waals surface area contributed by atoms with Crippen molar-refractivity contribution >= 4 is 28.8 Å². The van der Waals surface area contributed by atoms with Crippen LogP contribution >= 0.6 is 0 Å². The van der Waals surface area contributed by atoms with E-state index < -0.39 is 0 Å². The third-order valence-electron chi connectivity index (χ3n) is 4.84. The van der Waals surface area contributed by atoms with E-state index in [0.717, 1.165) is 17.5 Å². The molecule has 2 aromatic carbocycles. The molecule has 1 aliphatic heterocycles. The van der Waals surface area contributed by atoms with Crippen molar-refractivity contribution in [1.29, 1.82) is 0 Å². The zero-order valence-electron chi connectivity index (χ0n) is 15.7. The molecule has 142 valence electrons. The quantitative estimate of drug-likeness (QED) is 0.694. The number of carbonyl (C=O) groups excluding carboxylic acids is 3. The molecule has 0 atom stereocenters. The molecule has 0 saturated carbocycles. The van der Waals surface area contributed by atoms with Gasteiger partial charge >= 0.3 is 0 Å². The fourth-order valence-electron chi connectivity index (χ4n) is 3.24. The summed E-state index contributed by atoms with van der Waals surface area (Å²) in [5.41, 5.74) is 5.21. The van der Waals surface area contributed by atoms with Crippen molar-refractivity contribution < 1.29 is 14.4 Å². The number of para-hydroxylation sites is 2. The first-order chi connectivity index (χ1) is 13.5. The molecule has 4 rings (SSSR count). The van der Waals surface area contributed by atoms with Crippen LogP contribution in [0.25, 0.3) is 11.0 Å². The second-order valence-electron chi connectivity index (χ2n) is 7.25. The molecule has 0 aliphatic carbocycles. The molecular formula is C21H20N4O3. The van der Waals surface area contributed by atoms with Gasteiger partial charge in [0.05, 0.1) is 22.2 Å². The first-order valence-corrected chi connectivity index (χ1v) is 9.19. The molecule has 0 bridgehead atoms. The number of amides is 3. The minimum absolute atomic E-state index is 0.275. The lowest BCUT2D eigenvalue weighted by molar-refractivity contribution is 0.0647. The first kappa shape index (κ1) is 17.9. The Balaban J connectivity index is 1.57. The largest absolute Gasteiger partial charge is 0.274 e. The van der Waals surface area contributed by atoms with E-state index in [-0.39, 0.29) is 23.3 Å². The van der Waals surface area contributed by atoms with Gasteiger partial charge in [-0.1, -0.05) is 26.0 Å². The van der Waals surface area contributed by atoms with E-state index in [1.807, 2.05) is 38.1 Å². The molecule has 7 heteroatoms. The first-order valence-electron chi connectivity index (χ1n) is 9.19. The maximum Gasteiger partial charge on any atom is 0.270 e. The van der Waals surface area contributed by atoms with Crippen LogP contribution in [0.2, 0.25) is 0 Å². The Morgan fingerprint density at radius 1 is 1.07 bits per heavy atom. The molecule has 0 spiro atoms. The van der Waals surface area contributed by atoms with Gasteiger partial charge in [-0.3, -0.25) is 24.7 Å². The average molecular weight is 376 g/mol. The summed E-state index contributed by atoms with van der Waals surface area (Å²) in [4.78, 5) is 43.3. The number of imidazole rings is 1. The second kappa shape index (κ2) is 6.92. The van der Waals surface area contributed by atoms with E-state index in [1.165, 1.54) is 22.0 Å². The van der Waals surface area contributed by atoms with Gasteiger partial charge in [0, 0.05) is 12.1 Å².